The number of alkyl halides is 6. The third-order valence-electron chi connectivity index (χ3n) is 5.66. The van der Waals surface area contributed by atoms with Gasteiger partial charge in [-0.05, 0) is 72.6 Å². The molecule has 200 valence electrons. The molecule has 38 heavy (non-hydrogen) atoms. The average Bonchev–Trinajstić information content (AvgIpc) is 3.26. The standard InChI is InChI=1S/C25H16Cl2F6N2O3/c1-13-8-14(2-7-20(13)22(36)34-18-3-5-19(6-4-18)37-25(31,32)33)21-12-23(38-35-21,24(28,29)30)15-9-16(26)11-17(27)10-15/h2-11H,12H2,1H3,(H,34,36). The van der Waals surface area contributed by atoms with E-state index in [-0.39, 0.29) is 32.6 Å². The second-order valence-corrected chi connectivity index (χ2v) is 9.22. The fourth-order valence-electron chi connectivity index (χ4n) is 3.88. The number of amides is 1. The molecule has 1 unspecified atom stereocenters. The van der Waals surface area contributed by atoms with Crippen molar-refractivity contribution in [3.8, 4) is 5.75 Å². The zero-order valence-corrected chi connectivity index (χ0v) is 20.7. The third-order valence-corrected chi connectivity index (χ3v) is 6.10. The molecule has 1 aliphatic heterocycles. The minimum atomic E-state index is -4.86. The Morgan fingerprint density at radius 1 is 0.974 bits per heavy atom. The number of nitrogens with one attached hydrogen (secondary N) is 1. The molecule has 1 N–H and O–H groups in total. The topological polar surface area (TPSA) is 59.9 Å². The van der Waals surface area contributed by atoms with E-state index in [0.29, 0.717) is 11.1 Å². The molecule has 0 bridgehead atoms. The minimum Gasteiger partial charge on any atom is -0.406 e. The molecule has 3 aromatic rings. The number of hydrogen-bond acceptors (Lipinski definition) is 4. The first-order valence-electron chi connectivity index (χ1n) is 10.7. The average molecular weight is 577 g/mol. The lowest BCUT2D eigenvalue weighted by Gasteiger charge is -2.29. The number of aryl methyl sites for hydroxylation is 1. The van der Waals surface area contributed by atoms with Crippen LogP contribution >= 0.6 is 23.2 Å². The van der Waals surface area contributed by atoms with Crippen LogP contribution in [0.4, 0.5) is 32.0 Å². The van der Waals surface area contributed by atoms with Crippen molar-refractivity contribution in [3.63, 3.8) is 0 Å². The number of carbonyl (C=O) groups is 1. The van der Waals surface area contributed by atoms with Gasteiger partial charge < -0.3 is 14.9 Å². The maximum atomic E-state index is 14.2. The molecule has 0 saturated carbocycles. The van der Waals surface area contributed by atoms with E-state index in [2.05, 4.69) is 15.2 Å². The van der Waals surface area contributed by atoms with E-state index in [1.165, 1.54) is 36.4 Å². The van der Waals surface area contributed by atoms with Crippen molar-refractivity contribution in [2.45, 2.75) is 31.5 Å². The van der Waals surface area contributed by atoms with Gasteiger partial charge in [-0.2, -0.15) is 13.2 Å². The molecule has 0 aliphatic carbocycles. The highest BCUT2D eigenvalue weighted by molar-refractivity contribution is 6.34. The van der Waals surface area contributed by atoms with Gasteiger partial charge in [0, 0.05) is 33.3 Å². The summed E-state index contributed by atoms with van der Waals surface area (Å²) in [5.74, 6) is -1.04. The first kappa shape index (κ1) is 27.6. The second-order valence-electron chi connectivity index (χ2n) is 8.34. The number of oxime groups is 1. The number of benzene rings is 3. The summed E-state index contributed by atoms with van der Waals surface area (Å²) in [6, 6.07) is 12.3. The summed E-state index contributed by atoms with van der Waals surface area (Å²) in [7, 11) is 0. The van der Waals surface area contributed by atoms with Crippen molar-refractivity contribution in [3.05, 3.63) is 93.0 Å². The van der Waals surface area contributed by atoms with Crippen LogP contribution in [0, 0.1) is 6.92 Å². The van der Waals surface area contributed by atoms with Crippen molar-refractivity contribution in [2.24, 2.45) is 5.16 Å². The van der Waals surface area contributed by atoms with Crippen LogP contribution < -0.4 is 10.1 Å². The van der Waals surface area contributed by atoms with Crippen molar-refractivity contribution >= 4 is 40.5 Å². The molecule has 4 rings (SSSR count). The minimum absolute atomic E-state index is 0.00176. The summed E-state index contributed by atoms with van der Waals surface area (Å²) in [6.45, 7) is 1.57. The number of hydrogen-bond donors (Lipinski definition) is 1. The van der Waals surface area contributed by atoms with Gasteiger partial charge in [0.2, 0.25) is 0 Å². The Hall–Kier alpha value is -3.44. The molecule has 3 aromatic carbocycles. The maximum absolute atomic E-state index is 14.2. The molecular weight excluding hydrogens is 561 g/mol. The molecule has 0 fully saturated rings. The Bertz CT molecular complexity index is 1390. The lowest BCUT2D eigenvalue weighted by molar-refractivity contribution is -0.276. The zero-order chi connectivity index (χ0) is 27.9. The van der Waals surface area contributed by atoms with Gasteiger partial charge in [0.15, 0.2) is 0 Å². The van der Waals surface area contributed by atoms with E-state index in [1.807, 2.05) is 0 Å². The molecule has 0 radical (unpaired) electrons. The van der Waals surface area contributed by atoms with Gasteiger partial charge in [-0.1, -0.05) is 34.4 Å². The third kappa shape index (κ3) is 5.83. The summed E-state index contributed by atoms with van der Waals surface area (Å²) in [4.78, 5) is 17.7. The molecule has 1 amide bonds. The fourth-order valence-corrected chi connectivity index (χ4v) is 4.41. The van der Waals surface area contributed by atoms with E-state index < -0.39 is 36.2 Å². The Balaban J connectivity index is 1.52. The van der Waals surface area contributed by atoms with Gasteiger partial charge in [-0.25, -0.2) is 0 Å². The van der Waals surface area contributed by atoms with Gasteiger partial charge in [-0.15, -0.1) is 13.2 Å². The Morgan fingerprint density at radius 3 is 2.16 bits per heavy atom. The molecule has 0 spiro atoms. The number of nitrogens with zero attached hydrogens (tertiary/aromatic N) is 1. The van der Waals surface area contributed by atoms with Crippen molar-refractivity contribution in [2.75, 3.05) is 5.32 Å². The van der Waals surface area contributed by atoms with Gasteiger partial charge in [0.1, 0.15) is 5.75 Å². The molecule has 13 heteroatoms. The van der Waals surface area contributed by atoms with Crippen LogP contribution in [0.3, 0.4) is 0 Å². The predicted octanol–water partition coefficient (Wildman–Crippen LogP) is 8.03. The van der Waals surface area contributed by atoms with Crippen molar-refractivity contribution in [1.82, 2.24) is 0 Å². The second kappa shape index (κ2) is 10.0. The first-order valence-corrected chi connectivity index (χ1v) is 11.5. The molecular formula is C25H16Cl2F6N2O3. The lowest BCUT2D eigenvalue weighted by Crippen LogP contribution is -2.42. The van der Waals surface area contributed by atoms with E-state index in [9.17, 15) is 31.1 Å². The quantitative estimate of drug-likeness (QED) is 0.313. The molecule has 0 aromatic heterocycles. The largest absolute Gasteiger partial charge is 0.573 e. The summed E-state index contributed by atoms with van der Waals surface area (Å²) in [6.07, 6.45) is -10.4. The monoisotopic (exact) mass is 576 g/mol. The highest BCUT2D eigenvalue weighted by atomic mass is 35.5. The molecule has 5 nitrogen and oxygen atoms in total. The smallest absolute Gasteiger partial charge is 0.406 e. The molecule has 1 heterocycles. The Labute approximate surface area is 221 Å². The highest BCUT2D eigenvalue weighted by Crippen LogP contribution is 2.49. The van der Waals surface area contributed by atoms with Crippen LogP contribution in [0.2, 0.25) is 10.0 Å². The molecule has 0 saturated heterocycles. The number of halogens is 8. The maximum Gasteiger partial charge on any atom is 0.573 e. The van der Waals surface area contributed by atoms with Crippen LogP contribution in [0.25, 0.3) is 0 Å². The summed E-state index contributed by atoms with van der Waals surface area (Å²) in [5, 5.41) is 6.24. The van der Waals surface area contributed by atoms with E-state index in [1.54, 1.807) is 6.92 Å². The van der Waals surface area contributed by atoms with E-state index >= 15 is 0 Å². The zero-order valence-electron chi connectivity index (χ0n) is 19.2. The lowest BCUT2D eigenvalue weighted by atomic mass is 9.86. The van der Waals surface area contributed by atoms with Crippen molar-refractivity contribution < 1.29 is 40.7 Å². The summed E-state index contributed by atoms with van der Waals surface area (Å²) >= 11 is 11.8. The fraction of sp³-hybridized carbons (Fsp3) is 0.200. The van der Waals surface area contributed by atoms with Crippen LogP contribution in [-0.4, -0.2) is 24.2 Å². The molecule has 1 aliphatic rings. The Morgan fingerprint density at radius 2 is 1.61 bits per heavy atom. The van der Waals surface area contributed by atoms with Crippen molar-refractivity contribution in [1.29, 1.82) is 0 Å². The summed E-state index contributed by atoms with van der Waals surface area (Å²) < 4.78 is 83.4. The van der Waals surface area contributed by atoms with Crippen LogP contribution in [0.15, 0.2) is 65.8 Å². The van der Waals surface area contributed by atoms with E-state index in [4.69, 9.17) is 28.0 Å². The highest BCUT2D eigenvalue weighted by Gasteiger charge is 2.62. The normalized spacial score (nSPS) is 17.6. The number of carbonyl (C=O) groups excluding carboxylic acids is 1. The SMILES string of the molecule is Cc1cc(C2=NOC(c3cc(Cl)cc(Cl)c3)(C(F)(F)F)C2)ccc1C(=O)Nc1ccc(OC(F)(F)F)cc1. The van der Waals surface area contributed by atoms with Crippen LogP contribution in [0.1, 0.15) is 33.5 Å². The predicted molar refractivity (Wildman–Crippen MR) is 129 cm³/mol. The van der Waals surface area contributed by atoms with Gasteiger partial charge in [0.05, 0.1) is 5.71 Å². The number of ether oxygens (including phenoxy) is 1. The van der Waals surface area contributed by atoms with Crippen LogP contribution in [0.5, 0.6) is 5.75 Å². The number of rotatable bonds is 5. The van der Waals surface area contributed by atoms with Crippen LogP contribution in [-0.2, 0) is 10.4 Å². The molecule has 1 atom stereocenters. The summed E-state index contributed by atoms with van der Waals surface area (Å²) in [5.41, 5.74) is -2.01. The first-order chi connectivity index (χ1) is 17.7. The number of anilines is 1. The van der Waals surface area contributed by atoms with Gasteiger partial charge in [-0.3, -0.25) is 4.79 Å². The van der Waals surface area contributed by atoms with Gasteiger partial charge in [0.25, 0.3) is 11.5 Å². The van der Waals surface area contributed by atoms with E-state index in [0.717, 1.165) is 24.3 Å². The van der Waals surface area contributed by atoms with Gasteiger partial charge >= 0.3 is 12.5 Å². The Kier molecular flexibility index (Phi) is 7.28.